The Morgan fingerprint density at radius 2 is 2.00 bits per heavy atom. The molecule has 17 heavy (non-hydrogen) atoms. The molecule has 1 heterocycles. The lowest BCUT2D eigenvalue weighted by molar-refractivity contribution is 0.595. The number of aromatic nitrogens is 1. The Kier molecular flexibility index (Phi) is 4.12. The van der Waals surface area contributed by atoms with Crippen molar-refractivity contribution < 1.29 is 4.39 Å². The summed E-state index contributed by atoms with van der Waals surface area (Å²) in [5, 5.41) is 0. The standard InChI is InChI=1S/C13H13FN2S/c14-12-6-11(8-16-13(12)7-15)17-9-10-4-2-1-3-5-10/h1-6,8H,7,9,15H2. The molecule has 2 nitrogen and oxygen atoms in total. The summed E-state index contributed by atoms with van der Waals surface area (Å²) < 4.78 is 13.4. The van der Waals surface area contributed by atoms with E-state index >= 15 is 0 Å². The average molecular weight is 248 g/mol. The summed E-state index contributed by atoms with van der Waals surface area (Å²) in [4.78, 5) is 4.81. The number of hydrogen-bond donors (Lipinski definition) is 1. The first-order valence-corrected chi connectivity index (χ1v) is 6.29. The summed E-state index contributed by atoms with van der Waals surface area (Å²) in [7, 11) is 0. The summed E-state index contributed by atoms with van der Waals surface area (Å²) >= 11 is 1.56. The van der Waals surface area contributed by atoms with Gasteiger partial charge in [0.05, 0.1) is 5.69 Å². The minimum absolute atomic E-state index is 0.134. The largest absolute Gasteiger partial charge is 0.325 e. The van der Waals surface area contributed by atoms with Crippen LogP contribution < -0.4 is 5.73 Å². The van der Waals surface area contributed by atoms with Gasteiger partial charge in [-0.15, -0.1) is 11.8 Å². The number of halogens is 1. The van der Waals surface area contributed by atoms with Gasteiger partial charge in [-0.25, -0.2) is 4.39 Å². The maximum atomic E-state index is 13.4. The van der Waals surface area contributed by atoms with E-state index in [2.05, 4.69) is 4.98 Å². The molecule has 0 atom stereocenters. The Balaban J connectivity index is 2.02. The van der Waals surface area contributed by atoms with E-state index < -0.39 is 0 Å². The molecule has 2 aromatic rings. The van der Waals surface area contributed by atoms with Crippen LogP contribution in [0.3, 0.4) is 0 Å². The second-order valence-corrected chi connectivity index (χ2v) is 4.63. The van der Waals surface area contributed by atoms with E-state index in [0.29, 0.717) is 5.69 Å². The quantitative estimate of drug-likeness (QED) is 0.845. The van der Waals surface area contributed by atoms with Crippen molar-refractivity contribution in [2.45, 2.75) is 17.2 Å². The fourth-order valence-corrected chi connectivity index (χ4v) is 2.26. The maximum absolute atomic E-state index is 13.4. The van der Waals surface area contributed by atoms with Crippen LogP contribution in [-0.4, -0.2) is 4.98 Å². The predicted octanol–water partition coefficient (Wildman–Crippen LogP) is 2.97. The number of nitrogens with two attached hydrogens (primary N) is 1. The highest BCUT2D eigenvalue weighted by molar-refractivity contribution is 7.98. The molecule has 0 spiro atoms. The smallest absolute Gasteiger partial charge is 0.147 e. The molecule has 1 aromatic heterocycles. The topological polar surface area (TPSA) is 38.9 Å². The molecule has 0 bridgehead atoms. The monoisotopic (exact) mass is 248 g/mol. The lowest BCUT2D eigenvalue weighted by Gasteiger charge is -2.04. The molecule has 88 valence electrons. The fourth-order valence-electron chi connectivity index (χ4n) is 1.42. The molecule has 0 saturated heterocycles. The van der Waals surface area contributed by atoms with Gasteiger partial charge in [0.15, 0.2) is 0 Å². The summed E-state index contributed by atoms with van der Waals surface area (Å²) in [6.45, 7) is 0.134. The minimum Gasteiger partial charge on any atom is -0.325 e. The first-order valence-electron chi connectivity index (χ1n) is 5.31. The van der Waals surface area contributed by atoms with Gasteiger partial charge in [-0.05, 0) is 11.6 Å². The van der Waals surface area contributed by atoms with Crippen LogP contribution in [0, 0.1) is 5.82 Å². The number of thioether (sulfide) groups is 1. The van der Waals surface area contributed by atoms with E-state index in [4.69, 9.17) is 5.73 Å². The van der Waals surface area contributed by atoms with Crippen molar-refractivity contribution in [2.75, 3.05) is 0 Å². The van der Waals surface area contributed by atoms with Gasteiger partial charge in [-0.3, -0.25) is 4.98 Å². The lowest BCUT2D eigenvalue weighted by Crippen LogP contribution is -2.02. The van der Waals surface area contributed by atoms with Crippen LogP contribution >= 0.6 is 11.8 Å². The van der Waals surface area contributed by atoms with E-state index in [1.165, 1.54) is 11.6 Å². The molecule has 2 N–H and O–H groups in total. The predicted molar refractivity (Wildman–Crippen MR) is 68.1 cm³/mol. The molecule has 2 rings (SSSR count). The molecule has 0 aliphatic rings. The molecule has 0 fully saturated rings. The highest BCUT2D eigenvalue weighted by atomic mass is 32.2. The molecular weight excluding hydrogens is 235 g/mol. The van der Waals surface area contributed by atoms with Crippen molar-refractivity contribution in [2.24, 2.45) is 5.73 Å². The summed E-state index contributed by atoms with van der Waals surface area (Å²) in [6, 6.07) is 11.5. The number of rotatable bonds is 4. The number of pyridine rings is 1. The molecular formula is C13H13FN2S. The number of benzene rings is 1. The summed E-state index contributed by atoms with van der Waals surface area (Å²) in [5.41, 5.74) is 6.88. The van der Waals surface area contributed by atoms with Crippen molar-refractivity contribution in [3.63, 3.8) is 0 Å². The van der Waals surface area contributed by atoms with E-state index in [9.17, 15) is 4.39 Å². The fraction of sp³-hybridized carbons (Fsp3) is 0.154. The first kappa shape index (κ1) is 12.1. The van der Waals surface area contributed by atoms with Crippen LogP contribution in [0.1, 0.15) is 11.3 Å². The number of nitrogens with zero attached hydrogens (tertiary/aromatic N) is 1. The van der Waals surface area contributed by atoms with Gasteiger partial charge in [0.2, 0.25) is 0 Å². The van der Waals surface area contributed by atoms with Gasteiger partial charge in [-0.1, -0.05) is 30.3 Å². The number of hydrogen-bond acceptors (Lipinski definition) is 3. The van der Waals surface area contributed by atoms with Gasteiger partial charge in [0, 0.05) is 23.4 Å². The Labute approximate surface area is 104 Å². The van der Waals surface area contributed by atoms with Crippen molar-refractivity contribution in [3.05, 3.63) is 59.7 Å². The molecule has 0 aliphatic carbocycles. The van der Waals surface area contributed by atoms with Gasteiger partial charge >= 0.3 is 0 Å². The first-order chi connectivity index (χ1) is 8.29. The molecule has 4 heteroatoms. The second kappa shape index (κ2) is 5.80. The average Bonchev–Trinajstić information content (AvgIpc) is 2.38. The third kappa shape index (κ3) is 3.28. The second-order valence-electron chi connectivity index (χ2n) is 3.58. The summed E-state index contributed by atoms with van der Waals surface area (Å²) in [5.74, 6) is 0.481. The van der Waals surface area contributed by atoms with Crippen LogP contribution in [0.15, 0.2) is 47.5 Å². The molecule has 0 aliphatic heterocycles. The highest BCUT2D eigenvalue weighted by Crippen LogP contribution is 2.23. The maximum Gasteiger partial charge on any atom is 0.147 e. The van der Waals surface area contributed by atoms with Gasteiger partial charge in [0.25, 0.3) is 0 Å². The lowest BCUT2D eigenvalue weighted by atomic mass is 10.2. The van der Waals surface area contributed by atoms with Crippen LogP contribution in [0.5, 0.6) is 0 Å². The van der Waals surface area contributed by atoms with Crippen molar-refractivity contribution >= 4 is 11.8 Å². The summed E-state index contributed by atoms with van der Waals surface area (Å²) in [6.07, 6.45) is 1.67. The van der Waals surface area contributed by atoms with Gasteiger partial charge in [0.1, 0.15) is 5.82 Å². The van der Waals surface area contributed by atoms with Crippen molar-refractivity contribution in [1.29, 1.82) is 0 Å². The van der Waals surface area contributed by atoms with E-state index in [1.807, 2.05) is 30.3 Å². The normalized spacial score (nSPS) is 10.5. The Hall–Kier alpha value is -1.39. The Bertz CT molecular complexity index is 488. The van der Waals surface area contributed by atoms with E-state index in [0.717, 1.165) is 10.6 Å². The third-order valence-corrected chi connectivity index (χ3v) is 3.37. The van der Waals surface area contributed by atoms with Crippen LogP contribution in [0.25, 0.3) is 0 Å². The zero-order valence-corrected chi connectivity index (χ0v) is 10.1. The molecule has 0 unspecified atom stereocenters. The highest BCUT2D eigenvalue weighted by Gasteiger charge is 2.04. The Morgan fingerprint density at radius 1 is 1.24 bits per heavy atom. The molecule has 0 radical (unpaired) electrons. The van der Waals surface area contributed by atoms with E-state index in [1.54, 1.807) is 18.0 Å². The molecule has 1 aromatic carbocycles. The molecule has 0 amide bonds. The molecule has 0 saturated carbocycles. The third-order valence-electron chi connectivity index (χ3n) is 2.33. The van der Waals surface area contributed by atoms with Crippen LogP contribution in [0.2, 0.25) is 0 Å². The van der Waals surface area contributed by atoms with Crippen LogP contribution in [-0.2, 0) is 12.3 Å². The minimum atomic E-state index is -0.328. The van der Waals surface area contributed by atoms with Gasteiger partial charge in [-0.2, -0.15) is 0 Å². The van der Waals surface area contributed by atoms with E-state index in [-0.39, 0.29) is 12.4 Å². The van der Waals surface area contributed by atoms with Crippen molar-refractivity contribution in [1.82, 2.24) is 4.98 Å². The van der Waals surface area contributed by atoms with Crippen molar-refractivity contribution in [3.8, 4) is 0 Å². The van der Waals surface area contributed by atoms with Gasteiger partial charge < -0.3 is 5.73 Å². The Morgan fingerprint density at radius 3 is 2.65 bits per heavy atom. The van der Waals surface area contributed by atoms with Crippen LogP contribution in [0.4, 0.5) is 4.39 Å². The SMILES string of the molecule is NCc1ncc(SCc2ccccc2)cc1F. The zero-order chi connectivity index (χ0) is 12.1. The zero-order valence-electron chi connectivity index (χ0n) is 9.27.